The van der Waals surface area contributed by atoms with Crippen molar-refractivity contribution in [3.63, 3.8) is 0 Å². The average Bonchev–Trinajstić information content (AvgIpc) is 2.09. The van der Waals surface area contributed by atoms with Crippen molar-refractivity contribution in [3.05, 3.63) is 29.3 Å². The molecule has 1 aromatic rings. The molecule has 0 atom stereocenters. The van der Waals surface area contributed by atoms with E-state index in [1.54, 1.807) is 13.8 Å². The number of carbonyl (C=O) groups excluding carboxylic acids is 1. The van der Waals surface area contributed by atoms with Crippen molar-refractivity contribution in [2.75, 3.05) is 0 Å². The number of carbonyl (C=O) groups is 1. The standard InChI is InChI=1S/C10H11F2NO2/c1-5(2)13-10(15)6-3-9(14)8(12)4-7(6)11/h3-5,14H,1-2H3,(H,13,15). The fraction of sp³-hybridized carbons (Fsp3) is 0.300. The molecule has 15 heavy (non-hydrogen) atoms. The molecule has 0 heterocycles. The molecule has 0 saturated carbocycles. The monoisotopic (exact) mass is 215 g/mol. The van der Waals surface area contributed by atoms with Crippen molar-refractivity contribution >= 4 is 5.91 Å². The van der Waals surface area contributed by atoms with Gasteiger partial charge in [-0.2, -0.15) is 0 Å². The molecule has 5 heteroatoms. The third-order valence-electron chi connectivity index (χ3n) is 1.70. The van der Waals surface area contributed by atoms with Gasteiger partial charge in [0.1, 0.15) is 5.82 Å². The van der Waals surface area contributed by atoms with Crippen LogP contribution in [0.2, 0.25) is 0 Å². The highest BCUT2D eigenvalue weighted by atomic mass is 19.1. The van der Waals surface area contributed by atoms with Gasteiger partial charge in [-0.25, -0.2) is 8.78 Å². The van der Waals surface area contributed by atoms with Crippen molar-refractivity contribution in [1.82, 2.24) is 5.32 Å². The van der Waals surface area contributed by atoms with E-state index in [-0.39, 0.29) is 11.6 Å². The molecule has 3 nitrogen and oxygen atoms in total. The number of amides is 1. The Bertz CT molecular complexity index is 391. The van der Waals surface area contributed by atoms with E-state index in [9.17, 15) is 13.6 Å². The Morgan fingerprint density at radius 3 is 2.47 bits per heavy atom. The molecule has 0 fully saturated rings. The molecule has 1 aromatic carbocycles. The third kappa shape index (κ3) is 2.65. The van der Waals surface area contributed by atoms with Crippen LogP contribution in [0.1, 0.15) is 24.2 Å². The molecule has 0 radical (unpaired) electrons. The van der Waals surface area contributed by atoms with Crippen molar-refractivity contribution in [1.29, 1.82) is 0 Å². The summed E-state index contributed by atoms with van der Waals surface area (Å²) in [6.07, 6.45) is 0. The molecule has 0 unspecified atom stereocenters. The average molecular weight is 215 g/mol. The van der Waals surface area contributed by atoms with Crippen molar-refractivity contribution in [2.24, 2.45) is 0 Å². The van der Waals surface area contributed by atoms with Gasteiger partial charge in [0, 0.05) is 12.1 Å². The predicted octanol–water partition coefficient (Wildman–Crippen LogP) is 1.81. The Hall–Kier alpha value is -1.65. The lowest BCUT2D eigenvalue weighted by Crippen LogP contribution is -2.30. The van der Waals surface area contributed by atoms with Crippen LogP contribution in [0.15, 0.2) is 12.1 Å². The summed E-state index contributed by atoms with van der Waals surface area (Å²) in [4.78, 5) is 11.4. The van der Waals surface area contributed by atoms with Crippen LogP contribution in [0.3, 0.4) is 0 Å². The van der Waals surface area contributed by atoms with Gasteiger partial charge < -0.3 is 10.4 Å². The molecule has 2 N–H and O–H groups in total. The summed E-state index contributed by atoms with van der Waals surface area (Å²) in [5, 5.41) is 11.4. The first-order chi connectivity index (χ1) is 6.91. The Morgan fingerprint density at radius 1 is 1.33 bits per heavy atom. The minimum Gasteiger partial charge on any atom is -0.505 e. The lowest BCUT2D eigenvalue weighted by atomic mass is 10.1. The number of hydrogen-bond donors (Lipinski definition) is 2. The SMILES string of the molecule is CC(C)NC(=O)c1cc(O)c(F)cc1F. The van der Waals surface area contributed by atoms with Crippen LogP contribution in [-0.4, -0.2) is 17.1 Å². The zero-order valence-electron chi connectivity index (χ0n) is 8.34. The summed E-state index contributed by atoms with van der Waals surface area (Å²) in [7, 11) is 0. The lowest BCUT2D eigenvalue weighted by Gasteiger charge is -2.09. The first kappa shape index (κ1) is 11.4. The van der Waals surface area contributed by atoms with Gasteiger partial charge in [0.25, 0.3) is 5.91 Å². The summed E-state index contributed by atoms with van der Waals surface area (Å²) in [5.41, 5.74) is -0.373. The Balaban J connectivity index is 3.04. The summed E-state index contributed by atoms with van der Waals surface area (Å²) in [6.45, 7) is 3.42. The fourth-order valence-electron chi connectivity index (χ4n) is 1.05. The molecule has 0 spiro atoms. The highest BCUT2D eigenvalue weighted by molar-refractivity contribution is 5.95. The number of halogens is 2. The fourth-order valence-corrected chi connectivity index (χ4v) is 1.05. The second kappa shape index (κ2) is 4.25. The number of phenolic OH excluding ortho intramolecular Hbond substituents is 1. The number of nitrogens with one attached hydrogen (secondary N) is 1. The van der Waals surface area contributed by atoms with Crippen molar-refractivity contribution in [3.8, 4) is 5.75 Å². The predicted molar refractivity (Wildman–Crippen MR) is 50.6 cm³/mol. The number of phenols is 1. The third-order valence-corrected chi connectivity index (χ3v) is 1.70. The van der Waals surface area contributed by atoms with Crippen LogP contribution in [0.4, 0.5) is 8.78 Å². The molecule has 0 aliphatic heterocycles. The highest BCUT2D eigenvalue weighted by Crippen LogP contribution is 2.20. The van der Waals surface area contributed by atoms with E-state index in [0.29, 0.717) is 6.07 Å². The van der Waals surface area contributed by atoms with E-state index < -0.39 is 23.3 Å². The minimum absolute atomic E-state index is 0.163. The number of benzene rings is 1. The van der Waals surface area contributed by atoms with Gasteiger partial charge in [0.2, 0.25) is 0 Å². The van der Waals surface area contributed by atoms with Gasteiger partial charge in [-0.15, -0.1) is 0 Å². The summed E-state index contributed by atoms with van der Waals surface area (Å²) < 4.78 is 25.8. The van der Waals surface area contributed by atoms with E-state index >= 15 is 0 Å². The minimum atomic E-state index is -1.09. The van der Waals surface area contributed by atoms with Crippen LogP contribution in [0.5, 0.6) is 5.75 Å². The van der Waals surface area contributed by atoms with Crippen LogP contribution < -0.4 is 5.32 Å². The molecule has 1 rings (SSSR count). The maximum Gasteiger partial charge on any atom is 0.254 e. The van der Waals surface area contributed by atoms with Gasteiger partial charge in [0.05, 0.1) is 5.56 Å². The topological polar surface area (TPSA) is 49.3 Å². The number of rotatable bonds is 2. The second-order valence-corrected chi connectivity index (χ2v) is 3.41. The normalized spacial score (nSPS) is 10.5. The van der Waals surface area contributed by atoms with Gasteiger partial charge in [-0.05, 0) is 19.9 Å². The maximum atomic E-state index is 13.1. The smallest absolute Gasteiger partial charge is 0.254 e. The molecular formula is C10H11F2NO2. The first-order valence-electron chi connectivity index (χ1n) is 4.40. The molecule has 0 aliphatic carbocycles. The van der Waals surface area contributed by atoms with Crippen LogP contribution in [0.25, 0.3) is 0 Å². The van der Waals surface area contributed by atoms with Crippen LogP contribution in [0, 0.1) is 11.6 Å². The van der Waals surface area contributed by atoms with Crippen molar-refractivity contribution in [2.45, 2.75) is 19.9 Å². The van der Waals surface area contributed by atoms with Crippen molar-refractivity contribution < 1.29 is 18.7 Å². The van der Waals surface area contributed by atoms with E-state index in [4.69, 9.17) is 5.11 Å². The van der Waals surface area contributed by atoms with E-state index in [2.05, 4.69) is 5.32 Å². The summed E-state index contributed by atoms with van der Waals surface area (Å²) in [6, 6.07) is 1.08. The Kier molecular flexibility index (Phi) is 3.24. The molecule has 0 aliphatic rings. The second-order valence-electron chi connectivity index (χ2n) is 3.41. The molecule has 1 amide bonds. The van der Waals surface area contributed by atoms with Crippen LogP contribution >= 0.6 is 0 Å². The van der Waals surface area contributed by atoms with Gasteiger partial charge in [-0.1, -0.05) is 0 Å². The van der Waals surface area contributed by atoms with Gasteiger partial charge >= 0.3 is 0 Å². The zero-order valence-corrected chi connectivity index (χ0v) is 8.34. The lowest BCUT2D eigenvalue weighted by molar-refractivity contribution is 0.0938. The van der Waals surface area contributed by atoms with Crippen LogP contribution in [-0.2, 0) is 0 Å². The Morgan fingerprint density at radius 2 is 1.93 bits per heavy atom. The molecule has 0 aromatic heterocycles. The van der Waals surface area contributed by atoms with E-state index in [1.807, 2.05) is 0 Å². The summed E-state index contributed by atoms with van der Waals surface area (Å²) in [5.74, 6) is -3.51. The Labute approximate surface area is 85.7 Å². The van der Waals surface area contributed by atoms with Gasteiger partial charge in [-0.3, -0.25) is 4.79 Å². The quantitative estimate of drug-likeness (QED) is 0.790. The maximum absolute atomic E-state index is 13.1. The summed E-state index contributed by atoms with van der Waals surface area (Å²) >= 11 is 0. The number of aromatic hydroxyl groups is 1. The largest absolute Gasteiger partial charge is 0.505 e. The zero-order chi connectivity index (χ0) is 11.6. The number of hydrogen-bond acceptors (Lipinski definition) is 2. The van der Waals surface area contributed by atoms with E-state index in [1.165, 1.54) is 0 Å². The van der Waals surface area contributed by atoms with E-state index in [0.717, 1.165) is 6.07 Å². The molecule has 0 bridgehead atoms. The molecular weight excluding hydrogens is 204 g/mol. The highest BCUT2D eigenvalue weighted by Gasteiger charge is 2.16. The molecule has 0 saturated heterocycles. The molecule has 82 valence electrons. The van der Waals surface area contributed by atoms with Gasteiger partial charge in [0.15, 0.2) is 11.6 Å². The first-order valence-corrected chi connectivity index (χ1v) is 4.40.